The molecule has 1 heterocycles. The lowest BCUT2D eigenvalue weighted by Gasteiger charge is -2.34. The third-order valence-electron chi connectivity index (χ3n) is 5.26. The third-order valence-corrected chi connectivity index (χ3v) is 5.26. The van der Waals surface area contributed by atoms with Gasteiger partial charge in [0.05, 0.1) is 19.2 Å². The van der Waals surface area contributed by atoms with Crippen molar-refractivity contribution in [2.75, 3.05) is 45.2 Å². The lowest BCUT2D eigenvalue weighted by atomic mass is 10.1. The summed E-state index contributed by atoms with van der Waals surface area (Å²) >= 11 is 0. The molecule has 3 rings (SSSR count). The van der Waals surface area contributed by atoms with Crippen LogP contribution in [0.4, 0.5) is 5.69 Å². The third kappa shape index (κ3) is 5.89. The molecule has 2 aromatic carbocycles. The number of aryl methyl sites for hydroxylation is 1. The fraction of sp³-hybridized carbons (Fsp3) is 0.391. The molecule has 6 heteroatoms. The number of rotatable bonds is 7. The number of para-hydroxylation sites is 1. The first-order valence-corrected chi connectivity index (χ1v) is 10.1. The van der Waals surface area contributed by atoms with Crippen molar-refractivity contribution < 1.29 is 14.3 Å². The van der Waals surface area contributed by atoms with E-state index in [2.05, 4.69) is 22.0 Å². The van der Waals surface area contributed by atoms with Crippen LogP contribution in [0.15, 0.2) is 48.5 Å². The molecule has 2 aromatic rings. The van der Waals surface area contributed by atoms with Gasteiger partial charge in [0.2, 0.25) is 5.91 Å². The van der Waals surface area contributed by atoms with Crippen molar-refractivity contribution in [1.82, 2.24) is 9.80 Å². The maximum atomic E-state index is 12.4. The standard InChI is InChI=1S/C23H29N3O3/c1-3-19-8-4-5-10-21(19)24-22(27)17-26-13-11-25(12-14-26)16-18-7-6-9-20(15-18)23(28)29-2/h4-10,15H,3,11-14,16-17H2,1-2H3,(H,24,27). The van der Waals surface area contributed by atoms with Crippen LogP contribution in [0.2, 0.25) is 0 Å². The van der Waals surface area contributed by atoms with Crippen molar-refractivity contribution in [1.29, 1.82) is 0 Å². The number of esters is 1. The van der Waals surface area contributed by atoms with E-state index in [-0.39, 0.29) is 11.9 Å². The summed E-state index contributed by atoms with van der Waals surface area (Å²) in [6.45, 7) is 6.76. The van der Waals surface area contributed by atoms with Crippen molar-refractivity contribution in [3.63, 3.8) is 0 Å². The van der Waals surface area contributed by atoms with Crippen molar-refractivity contribution in [3.05, 3.63) is 65.2 Å². The summed E-state index contributed by atoms with van der Waals surface area (Å²) in [7, 11) is 1.39. The van der Waals surface area contributed by atoms with Crippen LogP contribution in [0.25, 0.3) is 0 Å². The largest absolute Gasteiger partial charge is 0.465 e. The van der Waals surface area contributed by atoms with Crippen molar-refractivity contribution in [3.8, 4) is 0 Å². The lowest BCUT2D eigenvalue weighted by Crippen LogP contribution is -2.48. The summed E-state index contributed by atoms with van der Waals surface area (Å²) < 4.78 is 4.79. The second kappa shape index (κ2) is 10.2. The minimum absolute atomic E-state index is 0.0325. The number of hydrogen-bond acceptors (Lipinski definition) is 5. The van der Waals surface area contributed by atoms with Gasteiger partial charge in [0.1, 0.15) is 0 Å². The molecular weight excluding hydrogens is 366 g/mol. The van der Waals surface area contributed by atoms with Gasteiger partial charge < -0.3 is 10.1 Å². The molecule has 0 radical (unpaired) electrons. The van der Waals surface area contributed by atoms with E-state index in [1.54, 1.807) is 6.07 Å². The number of nitrogens with zero attached hydrogens (tertiary/aromatic N) is 2. The quantitative estimate of drug-likeness (QED) is 0.731. The molecule has 0 aromatic heterocycles. The van der Waals surface area contributed by atoms with E-state index in [1.807, 2.05) is 42.5 Å². The number of amides is 1. The highest BCUT2D eigenvalue weighted by Crippen LogP contribution is 2.16. The van der Waals surface area contributed by atoms with Crippen LogP contribution in [0, 0.1) is 0 Å². The number of methoxy groups -OCH3 is 1. The summed E-state index contributed by atoms with van der Waals surface area (Å²) in [6.07, 6.45) is 0.895. The van der Waals surface area contributed by atoms with Gasteiger partial charge in [-0.25, -0.2) is 4.79 Å². The number of carbonyl (C=O) groups is 2. The molecule has 1 aliphatic rings. The SMILES string of the molecule is CCc1ccccc1NC(=O)CN1CCN(Cc2cccc(C(=O)OC)c2)CC1. The van der Waals surface area contributed by atoms with Gasteiger partial charge in [0, 0.05) is 38.4 Å². The molecule has 154 valence electrons. The fourth-order valence-corrected chi connectivity index (χ4v) is 3.62. The fourth-order valence-electron chi connectivity index (χ4n) is 3.62. The van der Waals surface area contributed by atoms with Gasteiger partial charge in [0.25, 0.3) is 0 Å². The molecule has 0 unspecified atom stereocenters. The summed E-state index contributed by atoms with van der Waals surface area (Å²) in [5, 5.41) is 3.04. The van der Waals surface area contributed by atoms with Crippen molar-refractivity contribution in [2.45, 2.75) is 19.9 Å². The average molecular weight is 396 g/mol. The summed E-state index contributed by atoms with van der Waals surface area (Å²) in [5.41, 5.74) is 3.73. The zero-order valence-corrected chi connectivity index (χ0v) is 17.2. The maximum Gasteiger partial charge on any atom is 0.337 e. The van der Waals surface area contributed by atoms with E-state index in [4.69, 9.17) is 4.74 Å². The van der Waals surface area contributed by atoms with E-state index < -0.39 is 0 Å². The van der Waals surface area contributed by atoms with Gasteiger partial charge in [-0.15, -0.1) is 0 Å². The van der Waals surface area contributed by atoms with Crippen molar-refractivity contribution in [2.24, 2.45) is 0 Å². The number of hydrogen-bond donors (Lipinski definition) is 1. The van der Waals surface area contributed by atoms with Gasteiger partial charge in [0.15, 0.2) is 0 Å². The van der Waals surface area contributed by atoms with Gasteiger partial charge in [-0.05, 0) is 35.7 Å². The first-order chi connectivity index (χ1) is 14.1. The Balaban J connectivity index is 1.47. The molecule has 1 fully saturated rings. The first-order valence-electron chi connectivity index (χ1n) is 10.1. The molecule has 0 atom stereocenters. The number of benzene rings is 2. The highest BCUT2D eigenvalue weighted by Gasteiger charge is 2.19. The van der Waals surface area contributed by atoms with Gasteiger partial charge in [-0.2, -0.15) is 0 Å². The monoisotopic (exact) mass is 395 g/mol. The van der Waals surface area contributed by atoms with Gasteiger partial charge >= 0.3 is 5.97 Å². The molecule has 0 saturated carbocycles. The van der Waals surface area contributed by atoms with Gasteiger partial charge in [-0.1, -0.05) is 37.3 Å². The van der Waals surface area contributed by atoms with Crippen LogP contribution in [-0.2, 0) is 22.5 Å². The Morgan fingerprint density at radius 1 is 1.00 bits per heavy atom. The lowest BCUT2D eigenvalue weighted by molar-refractivity contribution is -0.117. The molecule has 0 bridgehead atoms. The van der Waals surface area contributed by atoms with E-state index in [0.717, 1.165) is 56.0 Å². The zero-order chi connectivity index (χ0) is 20.6. The van der Waals surface area contributed by atoms with Gasteiger partial charge in [-0.3, -0.25) is 14.6 Å². The molecule has 1 amide bonds. The van der Waals surface area contributed by atoms with Crippen LogP contribution >= 0.6 is 0 Å². The number of ether oxygens (including phenoxy) is 1. The van der Waals surface area contributed by atoms with E-state index in [9.17, 15) is 9.59 Å². The predicted molar refractivity (Wildman–Crippen MR) is 114 cm³/mol. The summed E-state index contributed by atoms with van der Waals surface area (Å²) in [4.78, 5) is 28.7. The Morgan fingerprint density at radius 3 is 2.45 bits per heavy atom. The molecule has 1 saturated heterocycles. The topological polar surface area (TPSA) is 61.9 Å². The Bertz CT molecular complexity index is 845. The number of nitrogens with one attached hydrogen (secondary N) is 1. The molecule has 6 nitrogen and oxygen atoms in total. The van der Waals surface area contributed by atoms with E-state index in [0.29, 0.717) is 12.1 Å². The van der Waals surface area contributed by atoms with Crippen LogP contribution in [0.3, 0.4) is 0 Å². The summed E-state index contributed by atoms with van der Waals surface area (Å²) in [5.74, 6) is -0.280. The molecule has 29 heavy (non-hydrogen) atoms. The first kappa shape index (κ1) is 21.0. The Kier molecular flexibility index (Phi) is 7.38. The Labute approximate surface area is 172 Å². The van der Waals surface area contributed by atoms with Crippen LogP contribution < -0.4 is 5.32 Å². The number of piperazine rings is 1. The Hall–Kier alpha value is -2.70. The molecular formula is C23H29N3O3. The van der Waals surface area contributed by atoms with Crippen LogP contribution in [-0.4, -0.2) is 61.5 Å². The smallest absolute Gasteiger partial charge is 0.337 e. The second-order valence-electron chi connectivity index (χ2n) is 7.30. The summed E-state index contributed by atoms with van der Waals surface area (Å²) in [6, 6.07) is 15.5. The van der Waals surface area contributed by atoms with Crippen LogP contribution in [0.5, 0.6) is 0 Å². The average Bonchev–Trinajstić information content (AvgIpc) is 2.75. The van der Waals surface area contributed by atoms with E-state index >= 15 is 0 Å². The normalized spacial score (nSPS) is 15.1. The Morgan fingerprint density at radius 2 is 1.72 bits per heavy atom. The van der Waals surface area contributed by atoms with E-state index in [1.165, 1.54) is 7.11 Å². The molecule has 0 aliphatic carbocycles. The number of anilines is 1. The minimum atomic E-state index is -0.313. The molecule has 0 spiro atoms. The zero-order valence-electron chi connectivity index (χ0n) is 17.2. The predicted octanol–water partition coefficient (Wildman–Crippen LogP) is 2.79. The molecule has 1 N–H and O–H groups in total. The van der Waals surface area contributed by atoms with Crippen molar-refractivity contribution >= 4 is 17.6 Å². The number of carbonyl (C=O) groups excluding carboxylic acids is 2. The minimum Gasteiger partial charge on any atom is -0.465 e. The highest BCUT2D eigenvalue weighted by molar-refractivity contribution is 5.93. The second-order valence-corrected chi connectivity index (χ2v) is 7.30. The highest BCUT2D eigenvalue weighted by atomic mass is 16.5. The maximum absolute atomic E-state index is 12.4. The van der Waals surface area contributed by atoms with Crippen LogP contribution in [0.1, 0.15) is 28.4 Å². The molecule has 1 aliphatic heterocycles.